The molecule has 0 fully saturated rings. The number of phenolic OH excluding ortho intramolecular Hbond substituents is 1. The van der Waals surface area contributed by atoms with Crippen LogP contribution in [0.25, 0.3) is 0 Å². The molecule has 1 atom stereocenters. The normalized spacial score (nSPS) is 12.0. The number of amides is 1. The molecule has 2 rings (SSSR count). The van der Waals surface area contributed by atoms with Crippen LogP contribution in [-0.4, -0.2) is 22.7 Å². The number of nitrogens with one attached hydrogen (secondary N) is 1. The Hall–Kier alpha value is -2.33. The Kier molecular flexibility index (Phi) is 5.17. The molecular formula is C18H21NO3. The standard InChI is InChI=1S/C18H21NO3/c1-12-3-7-15(8-4-12)17(21)11-19-18(22)10-14-6-5-13(2)16(20)9-14/h3-9,17,20-21H,10-11H2,1-2H3,(H,19,22). The Balaban J connectivity index is 1.86. The van der Waals surface area contributed by atoms with Crippen molar-refractivity contribution in [3.05, 3.63) is 64.7 Å². The lowest BCUT2D eigenvalue weighted by Crippen LogP contribution is -2.29. The molecule has 1 amide bonds. The molecule has 0 spiro atoms. The maximum absolute atomic E-state index is 11.9. The number of carbonyl (C=O) groups excluding carboxylic acids is 1. The molecule has 4 nitrogen and oxygen atoms in total. The van der Waals surface area contributed by atoms with Crippen molar-refractivity contribution in [1.82, 2.24) is 5.32 Å². The SMILES string of the molecule is Cc1ccc(C(O)CNC(=O)Cc2ccc(C)c(O)c2)cc1. The molecule has 0 radical (unpaired) electrons. The van der Waals surface area contributed by atoms with E-state index in [9.17, 15) is 15.0 Å². The highest BCUT2D eigenvalue weighted by Crippen LogP contribution is 2.18. The van der Waals surface area contributed by atoms with E-state index in [1.165, 1.54) is 0 Å². The van der Waals surface area contributed by atoms with Gasteiger partial charge < -0.3 is 15.5 Å². The van der Waals surface area contributed by atoms with Gasteiger partial charge in [0.25, 0.3) is 0 Å². The Morgan fingerprint density at radius 3 is 2.45 bits per heavy atom. The molecule has 4 heteroatoms. The first kappa shape index (κ1) is 16.0. The Labute approximate surface area is 130 Å². The topological polar surface area (TPSA) is 69.6 Å². The molecule has 0 aromatic heterocycles. The fraction of sp³-hybridized carbons (Fsp3) is 0.278. The molecule has 0 aliphatic rings. The average molecular weight is 299 g/mol. The fourth-order valence-electron chi connectivity index (χ4n) is 2.13. The van der Waals surface area contributed by atoms with E-state index in [-0.39, 0.29) is 24.6 Å². The zero-order valence-electron chi connectivity index (χ0n) is 12.8. The number of benzene rings is 2. The molecule has 0 heterocycles. The van der Waals surface area contributed by atoms with E-state index >= 15 is 0 Å². The highest BCUT2D eigenvalue weighted by atomic mass is 16.3. The van der Waals surface area contributed by atoms with Crippen molar-refractivity contribution in [1.29, 1.82) is 0 Å². The molecule has 2 aromatic rings. The van der Waals surface area contributed by atoms with E-state index < -0.39 is 6.10 Å². The summed E-state index contributed by atoms with van der Waals surface area (Å²) in [4.78, 5) is 11.9. The van der Waals surface area contributed by atoms with Gasteiger partial charge >= 0.3 is 0 Å². The van der Waals surface area contributed by atoms with Gasteiger partial charge in [-0.05, 0) is 36.6 Å². The van der Waals surface area contributed by atoms with E-state index in [0.717, 1.165) is 22.3 Å². The summed E-state index contributed by atoms with van der Waals surface area (Å²) >= 11 is 0. The lowest BCUT2D eigenvalue weighted by Gasteiger charge is -2.13. The lowest BCUT2D eigenvalue weighted by molar-refractivity contribution is -0.120. The second kappa shape index (κ2) is 7.09. The number of carbonyl (C=O) groups is 1. The number of rotatable bonds is 5. The third kappa shape index (κ3) is 4.33. The van der Waals surface area contributed by atoms with Gasteiger partial charge in [-0.1, -0.05) is 42.0 Å². The highest BCUT2D eigenvalue weighted by molar-refractivity contribution is 5.78. The third-order valence-electron chi connectivity index (χ3n) is 3.59. The first-order valence-electron chi connectivity index (χ1n) is 7.25. The Morgan fingerprint density at radius 1 is 1.14 bits per heavy atom. The van der Waals surface area contributed by atoms with Crippen molar-refractivity contribution in [2.75, 3.05) is 6.54 Å². The van der Waals surface area contributed by atoms with Gasteiger partial charge in [0, 0.05) is 6.54 Å². The molecule has 0 aliphatic carbocycles. The van der Waals surface area contributed by atoms with Crippen LogP contribution >= 0.6 is 0 Å². The number of aliphatic hydroxyl groups excluding tert-OH is 1. The highest BCUT2D eigenvalue weighted by Gasteiger charge is 2.10. The van der Waals surface area contributed by atoms with Crippen molar-refractivity contribution in [2.45, 2.75) is 26.4 Å². The van der Waals surface area contributed by atoms with Crippen LogP contribution in [-0.2, 0) is 11.2 Å². The lowest BCUT2D eigenvalue weighted by atomic mass is 10.1. The van der Waals surface area contributed by atoms with Crippen molar-refractivity contribution >= 4 is 5.91 Å². The van der Waals surface area contributed by atoms with E-state index in [2.05, 4.69) is 5.32 Å². The van der Waals surface area contributed by atoms with Gasteiger partial charge in [0.2, 0.25) is 5.91 Å². The summed E-state index contributed by atoms with van der Waals surface area (Å²) in [5.74, 6) is -0.000551. The quantitative estimate of drug-likeness (QED) is 0.794. The molecular weight excluding hydrogens is 278 g/mol. The maximum atomic E-state index is 11.9. The zero-order valence-corrected chi connectivity index (χ0v) is 12.8. The Bertz CT molecular complexity index is 650. The molecule has 0 saturated carbocycles. The van der Waals surface area contributed by atoms with Crippen LogP contribution in [0.5, 0.6) is 5.75 Å². The Morgan fingerprint density at radius 2 is 1.82 bits per heavy atom. The minimum Gasteiger partial charge on any atom is -0.508 e. The van der Waals surface area contributed by atoms with Gasteiger partial charge in [0.1, 0.15) is 5.75 Å². The van der Waals surface area contributed by atoms with Crippen molar-refractivity contribution in [3.63, 3.8) is 0 Å². The van der Waals surface area contributed by atoms with Gasteiger partial charge in [0.05, 0.1) is 12.5 Å². The number of aliphatic hydroxyl groups is 1. The minimum absolute atomic E-state index is 0.166. The molecule has 3 N–H and O–H groups in total. The van der Waals surface area contributed by atoms with E-state index in [1.54, 1.807) is 19.1 Å². The molecule has 116 valence electrons. The van der Waals surface area contributed by atoms with Gasteiger partial charge in [0.15, 0.2) is 0 Å². The van der Waals surface area contributed by atoms with Gasteiger partial charge in [-0.2, -0.15) is 0 Å². The van der Waals surface area contributed by atoms with Crippen LogP contribution in [0.3, 0.4) is 0 Å². The van der Waals surface area contributed by atoms with Crippen LogP contribution in [0.15, 0.2) is 42.5 Å². The third-order valence-corrected chi connectivity index (χ3v) is 3.59. The van der Waals surface area contributed by atoms with E-state index in [4.69, 9.17) is 0 Å². The van der Waals surface area contributed by atoms with E-state index in [1.807, 2.05) is 37.3 Å². The van der Waals surface area contributed by atoms with Gasteiger partial charge in [-0.15, -0.1) is 0 Å². The summed E-state index contributed by atoms with van der Waals surface area (Å²) in [5.41, 5.74) is 3.42. The number of aromatic hydroxyl groups is 1. The second-order valence-corrected chi connectivity index (χ2v) is 5.53. The first-order chi connectivity index (χ1) is 10.5. The summed E-state index contributed by atoms with van der Waals surface area (Å²) in [6.07, 6.45) is -0.551. The first-order valence-corrected chi connectivity index (χ1v) is 7.25. The zero-order chi connectivity index (χ0) is 16.1. The van der Waals surface area contributed by atoms with Crippen LogP contribution in [0, 0.1) is 13.8 Å². The average Bonchev–Trinajstić information content (AvgIpc) is 2.49. The molecule has 0 bridgehead atoms. The van der Waals surface area contributed by atoms with Crippen molar-refractivity contribution in [3.8, 4) is 5.75 Å². The summed E-state index contributed by atoms with van der Waals surface area (Å²) in [5, 5.41) is 22.4. The van der Waals surface area contributed by atoms with Crippen molar-refractivity contribution < 1.29 is 15.0 Å². The smallest absolute Gasteiger partial charge is 0.224 e. The number of hydrogen-bond donors (Lipinski definition) is 3. The minimum atomic E-state index is -0.726. The number of aryl methyl sites for hydroxylation is 2. The number of phenols is 1. The summed E-state index contributed by atoms with van der Waals surface area (Å²) in [6.45, 7) is 3.95. The predicted octanol–water partition coefficient (Wildman–Crippen LogP) is 2.40. The molecule has 2 aromatic carbocycles. The summed E-state index contributed by atoms with van der Waals surface area (Å²) < 4.78 is 0. The van der Waals surface area contributed by atoms with Crippen LogP contribution in [0.4, 0.5) is 0 Å². The van der Waals surface area contributed by atoms with Crippen LogP contribution < -0.4 is 5.32 Å². The van der Waals surface area contributed by atoms with E-state index in [0.29, 0.717) is 0 Å². The largest absolute Gasteiger partial charge is 0.508 e. The van der Waals surface area contributed by atoms with Gasteiger partial charge in [-0.3, -0.25) is 4.79 Å². The maximum Gasteiger partial charge on any atom is 0.224 e. The molecule has 0 saturated heterocycles. The molecule has 1 unspecified atom stereocenters. The van der Waals surface area contributed by atoms with Gasteiger partial charge in [-0.25, -0.2) is 0 Å². The second-order valence-electron chi connectivity index (χ2n) is 5.53. The molecule has 0 aliphatic heterocycles. The monoisotopic (exact) mass is 299 g/mol. The fourth-order valence-corrected chi connectivity index (χ4v) is 2.13. The van der Waals surface area contributed by atoms with Crippen molar-refractivity contribution in [2.24, 2.45) is 0 Å². The predicted molar refractivity (Wildman–Crippen MR) is 85.7 cm³/mol. The van der Waals surface area contributed by atoms with Crippen LogP contribution in [0.1, 0.15) is 28.4 Å². The summed E-state index contributed by atoms with van der Waals surface area (Å²) in [6, 6.07) is 12.7. The number of hydrogen-bond acceptors (Lipinski definition) is 3. The van der Waals surface area contributed by atoms with Crippen LogP contribution in [0.2, 0.25) is 0 Å². The summed E-state index contributed by atoms with van der Waals surface area (Å²) in [7, 11) is 0. The molecule has 22 heavy (non-hydrogen) atoms.